The van der Waals surface area contributed by atoms with Crippen molar-refractivity contribution < 1.29 is 9.13 Å². The summed E-state index contributed by atoms with van der Waals surface area (Å²) in [5, 5.41) is 6.28. The maximum atomic E-state index is 13.0. The minimum Gasteiger partial charge on any atom is -0.494 e. The van der Waals surface area contributed by atoms with E-state index in [-0.39, 0.29) is 5.82 Å². The molecule has 0 spiro atoms. The first kappa shape index (κ1) is 18.1. The summed E-state index contributed by atoms with van der Waals surface area (Å²) in [4.78, 5) is 8.71. The highest BCUT2D eigenvalue weighted by atomic mass is 79.9. The first-order valence-corrected chi connectivity index (χ1v) is 8.98. The molecule has 0 saturated carbocycles. The van der Waals surface area contributed by atoms with E-state index in [2.05, 4.69) is 43.5 Å². The van der Waals surface area contributed by atoms with Crippen LogP contribution in [0.3, 0.4) is 0 Å². The van der Waals surface area contributed by atoms with Gasteiger partial charge in [-0.05, 0) is 70.9 Å². The van der Waals surface area contributed by atoms with Crippen LogP contribution >= 0.6 is 15.9 Å². The standard InChI is InChI=1S/C19H18BrFN4O/c1-2-11-26-16-9-7-15(8-10-16)24-19-22-12-17(20)18(25-19)23-14-5-3-13(21)4-6-14/h3-10,12H,2,11H2,1H3,(H2,22,23,24,25). The number of hydrogen-bond acceptors (Lipinski definition) is 5. The second kappa shape index (κ2) is 8.62. The zero-order chi connectivity index (χ0) is 18.4. The highest BCUT2D eigenvalue weighted by Crippen LogP contribution is 2.26. The number of rotatable bonds is 7. The number of nitrogens with zero attached hydrogens (tertiary/aromatic N) is 2. The lowest BCUT2D eigenvalue weighted by Gasteiger charge is -2.11. The molecule has 26 heavy (non-hydrogen) atoms. The van der Waals surface area contributed by atoms with E-state index in [9.17, 15) is 4.39 Å². The predicted octanol–water partition coefficient (Wildman–Crippen LogP) is 5.65. The lowest BCUT2D eigenvalue weighted by atomic mass is 10.3. The molecule has 3 rings (SSSR count). The minimum atomic E-state index is -0.286. The van der Waals surface area contributed by atoms with E-state index in [1.54, 1.807) is 18.3 Å². The molecule has 0 saturated heterocycles. The number of nitrogens with one attached hydrogen (secondary N) is 2. The van der Waals surface area contributed by atoms with Crippen LogP contribution in [0.1, 0.15) is 13.3 Å². The molecule has 134 valence electrons. The van der Waals surface area contributed by atoms with Crippen molar-refractivity contribution in [1.29, 1.82) is 0 Å². The van der Waals surface area contributed by atoms with Crippen molar-refractivity contribution in [3.05, 3.63) is 65.0 Å². The highest BCUT2D eigenvalue weighted by molar-refractivity contribution is 9.10. The molecule has 1 aromatic heterocycles. The molecule has 0 radical (unpaired) electrons. The third-order valence-electron chi connectivity index (χ3n) is 3.43. The zero-order valence-corrected chi connectivity index (χ0v) is 15.8. The van der Waals surface area contributed by atoms with Gasteiger partial charge in [-0.1, -0.05) is 6.92 Å². The molecule has 7 heteroatoms. The Labute approximate surface area is 159 Å². The molecule has 0 aliphatic carbocycles. The van der Waals surface area contributed by atoms with Gasteiger partial charge in [0.15, 0.2) is 0 Å². The predicted molar refractivity (Wildman–Crippen MR) is 105 cm³/mol. The Morgan fingerprint density at radius 2 is 1.65 bits per heavy atom. The molecule has 5 nitrogen and oxygen atoms in total. The Kier molecular flexibility index (Phi) is 6.01. The van der Waals surface area contributed by atoms with Crippen LogP contribution in [0.2, 0.25) is 0 Å². The number of ether oxygens (including phenoxy) is 1. The Hall–Kier alpha value is -2.67. The molecular weight excluding hydrogens is 399 g/mol. The molecule has 0 amide bonds. The van der Waals surface area contributed by atoms with Crippen LogP contribution in [0.15, 0.2) is 59.2 Å². The van der Waals surface area contributed by atoms with Crippen molar-refractivity contribution in [1.82, 2.24) is 9.97 Å². The highest BCUT2D eigenvalue weighted by Gasteiger charge is 2.07. The summed E-state index contributed by atoms with van der Waals surface area (Å²) in [6, 6.07) is 13.7. The van der Waals surface area contributed by atoms with Gasteiger partial charge < -0.3 is 15.4 Å². The van der Waals surface area contributed by atoms with Gasteiger partial charge in [0.25, 0.3) is 0 Å². The van der Waals surface area contributed by atoms with Crippen LogP contribution in [0.25, 0.3) is 0 Å². The topological polar surface area (TPSA) is 59.1 Å². The summed E-state index contributed by atoms with van der Waals surface area (Å²) >= 11 is 3.42. The van der Waals surface area contributed by atoms with Crippen molar-refractivity contribution in [3.8, 4) is 5.75 Å². The summed E-state index contributed by atoms with van der Waals surface area (Å²) in [5.41, 5.74) is 1.58. The van der Waals surface area contributed by atoms with Gasteiger partial charge in [0, 0.05) is 17.6 Å². The van der Waals surface area contributed by atoms with Gasteiger partial charge >= 0.3 is 0 Å². The molecule has 2 aromatic carbocycles. The largest absolute Gasteiger partial charge is 0.494 e. The smallest absolute Gasteiger partial charge is 0.229 e. The second-order valence-electron chi connectivity index (χ2n) is 5.52. The van der Waals surface area contributed by atoms with Gasteiger partial charge in [-0.3, -0.25) is 0 Å². The molecule has 2 N–H and O–H groups in total. The van der Waals surface area contributed by atoms with Gasteiger partial charge in [0.05, 0.1) is 11.1 Å². The second-order valence-corrected chi connectivity index (χ2v) is 6.37. The van der Waals surface area contributed by atoms with Crippen LogP contribution in [-0.4, -0.2) is 16.6 Å². The monoisotopic (exact) mass is 416 g/mol. The van der Waals surface area contributed by atoms with Crippen molar-refractivity contribution in [2.24, 2.45) is 0 Å². The molecule has 0 aliphatic heterocycles. The average molecular weight is 417 g/mol. The Bertz CT molecular complexity index is 856. The normalized spacial score (nSPS) is 10.4. The fourth-order valence-corrected chi connectivity index (χ4v) is 2.46. The Morgan fingerprint density at radius 1 is 1.00 bits per heavy atom. The molecule has 0 unspecified atom stereocenters. The van der Waals surface area contributed by atoms with Crippen LogP contribution in [0, 0.1) is 5.82 Å². The Morgan fingerprint density at radius 3 is 2.35 bits per heavy atom. The molecule has 0 atom stereocenters. The zero-order valence-electron chi connectivity index (χ0n) is 14.2. The maximum absolute atomic E-state index is 13.0. The third-order valence-corrected chi connectivity index (χ3v) is 4.01. The number of halogens is 2. The summed E-state index contributed by atoms with van der Waals surface area (Å²) in [7, 11) is 0. The third kappa shape index (κ3) is 4.92. The fraction of sp³-hybridized carbons (Fsp3) is 0.158. The summed E-state index contributed by atoms with van der Waals surface area (Å²) in [6.45, 7) is 2.76. The van der Waals surface area contributed by atoms with E-state index in [1.165, 1.54) is 12.1 Å². The van der Waals surface area contributed by atoms with E-state index in [4.69, 9.17) is 4.74 Å². The van der Waals surface area contributed by atoms with E-state index in [0.29, 0.717) is 22.8 Å². The van der Waals surface area contributed by atoms with E-state index in [1.807, 2.05) is 24.3 Å². The van der Waals surface area contributed by atoms with Crippen LogP contribution in [0.5, 0.6) is 5.75 Å². The molecule has 0 bridgehead atoms. The lowest BCUT2D eigenvalue weighted by molar-refractivity contribution is 0.317. The molecular formula is C19H18BrFN4O. The Balaban J connectivity index is 1.71. The SMILES string of the molecule is CCCOc1ccc(Nc2ncc(Br)c(Nc3ccc(F)cc3)n2)cc1. The van der Waals surface area contributed by atoms with Crippen LogP contribution in [-0.2, 0) is 0 Å². The van der Waals surface area contributed by atoms with E-state index in [0.717, 1.165) is 23.5 Å². The van der Waals surface area contributed by atoms with E-state index >= 15 is 0 Å². The molecule has 0 aliphatic rings. The van der Waals surface area contributed by atoms with Gasteiger partial charge in [-0.15, -0.1) is 0 Å². The number of benzene rings is 2. The van der Waals surface area contributed by atoms with Gasteiger partial charge in [0.1, 0.15) is 17.4 Å². The van der Waals surface area contributed by atoms with Gasteiger partial charge in [-0.25, -0.2) is 9.37 Å². The molecule has 3 aromatic rings. The summed E-state index contributed by atoms with van der Waals surface area (Å²) < 4.78 is 19.3. The van der Waals surface area contributed by atoms with Crippen molar-refractivity contribution in [2.75, 3.05) is 17.2 Å². The first-order chi connectivity index (χ1) is 12.6. The lowest BCUT2D eigenvalue weighted by Crippen LogP contribution is -2.02. The minimum absolute atomic E-state index is 0.286. The fourth-order valence-electron chi connectivity index (χ4n) is 2.17. The quantitative estimate of drug-likeness (QED) is 0.520. The van der Waals surface area contributed by atoms with Gasteiger partial charge in [-0.2, -0.15) is 4.98 Å². The van der Waals surface area contributed by atoms with Gasteiger partial charge in [0.2, 0.25) is 5.95 Å². The average Bonchev–Trinajstić information content (AvgIpc) is 2.66. The van der Waals surface area contributed by atoms with Crippen molar-refractivity contribution in [2.45, 2.75) is 13.3 Å². The maximum Gasteiger partial charge on any atom is 0.229 e. The molecule has 1 heterocycles. The van der Waals surface area contributed by atoms with Crippen LogP contribution < -0.4 is 15.4 Å². The first-order valence-electron chi connectivity index (χ1n) is 8.19. The van der Waals surface area contributed by atoms with Crippen molar-refractivity contribution >= 4 is 39.1 Å². The number of anilines is 4. The number of hydrogen-bond donors (Lipinski definition) is 2. The van der Waals surface area contributed by atoms with Crippen molar-refractivity contribution in [3.63, 3.8) is 0 Å². The molecule has 0 fully saturated rings. The van der Waals surface area contributed by atoms with Crippen LogP contribution in [0.4, 0.5) is 27.5 Å². The van der Waals surface area contributed by atoms with E-state index < -0.39 is 0 Å². The summed E-state index contributed by atoms with van der Waals surface area (Å²) in [6.07, 6.45) is 2.62. The number of aromatic nitrogens is 2. The summed E-state index contributed by atoms with van der Waals surface area (Å²) in [5.74, 6) is 1.57.